The second-order valence-corrected chi connectivity index (χ2v) is 6.84. The number of likely N-dealkylation sites (tertiary alicyclic amines) is 1. The maximum atomic E-state index is 4.84. The van der Waals surface area contributed by atoms with Crippen molar-refractivity contribution < 1.29 is 0 Å². The van der Waals surface area contributed by atoms with Gasteiger partial charge in [-0.2, -0.15) is 5.10 Å². The summed E-state index contributed by atoms with van der Waals surface area (Å²) in [5.41, 5.74) is 1.32. The normalized spacial score (nSPS) is 20.3. The van der Waals surface area contributed by atoms with Crippen LogP contribution in [0.15, 0.2) is 17.4 Å². The van der Waals surface area contributed by atoms with Crippen molar-refractivity contribution in [2.75, 3.05) is 19.6 Å². The molecule has 0 bridgehead atoms. The fraction of sp³-hybridized carbons (Fsp3) is 0.647. The molecule has 1 saturated heterocycles. The fourth-order valence-electron chi connectivity index (χ4n) is 3.77. The predicted octanol–water partition coefficient (Wildman–Crippen LogP) is 0.913. The minimum Gasteiger partial charge on any atom is -0.357 e. The Morgan fingerprint density at radius 3 is 3.08 bits per heavy atom. The van der Waals surface area contributed by atoms with E-state index < -0.39 is 0 Å². The Bertz CT molecular complexity index is 759. The van der Waals surface area contributed by atoms with Crippen LogP contribution in [0.1, 0.15) is 42.9 Å². The summed E-state index contributed by atoms with van der Waals surface area (Å²) in [6.45, 7) is 6.59. The molecule has 0 saturated carbocycles. The minimum atomic E-state index is 0.523. The van der Waals surface area contributed by atoms with Crippen molar-refractivity contribution in [2.45, 2.75) is 45.2 Å². The molecule has 0 aromatic carbocycles. The van der Waals surface area contributed by atoms with Gasteiger partial charge >= 0.3 is 0 Å². The van der Waals surface area contributed by atoms with Crippen molar-refractivity contribution in [3.8, 4) is 0 Å². The number of aromatic nitrogens is 5. The lowest BCUT2D eigenvalue weighted by molar-refractivity contribution is 0.485. The Kier molecular flexibility index (Phi) is 4.42. The van der Waals surface area contributed by atoms with Crippen LogP contribution in [0.25, 0.3) is 0 Å². The number of guanidine groups is 1. The molecule has 4 heterocycles. The molecule has 1 fully saturated rings. The number of hydrogen-bond donors (Lipinski definition) is 1. The Morgan fingerprint density at radius 2 is 2.28 bits per heavy atom. The summed E-state index contributed by atoms with van der Waals surface area (Å²) in [5, 5.41) is 16.3. The third-order valence-corrected chi connectivity index (χ3v) is 5.08. The van der Waals surface area contributed by atoms with Gasteiger partial charge in [-0.3, -0.25) is 4.68 Å². The first-order chi connectivity index (χ1) is 12.2. The summed E-state index contributed by atoms with van der Waals surface area (Å²) >= 11 is 0. The smallest absolute Gasteiger partial charge is 0.194 e. The number of aryl methyl sites for hydroxylation is 2. The third kappa shape index (κ3) is 3.25. The maximum Gasteiger partial charge on any atom is 0.194 e. The maximum absolute atomic E-state index is 4.84. The van der Waals surface area contributed by atoms with E-state index in [1.165, 1.54) is 12.0 Å². The standard InChI is InChI=1S/C17H26N8/c1-3-18-17(19-10-16-22-21-15-5-4-7-25(15)16)24-8-6-13(12-24)14-9-20-23(2)11-14/h9,11,13H,3-8,10,12H2,1-2H3,(H,18,19). The van der Waals surface area contributed by atoms with Gasteiger partial charge in [-0.05, 0) is 25.3 Å². The van der Waals surface area contributed by atoms with Gasteiger partial charge in [0.1, 0.15) is 12.4 Å². The van der Waals surface area contributed by atoms with Gasteiger partial charge in [0, 0.05) is 51.8 Å². The van der Waals surface area contributed by atoms with Crippen LogP contribution in [0, 0.1) is 0 Å². The van der Waals surface area contributed by atoms with E-state index in [1.54, 1.807) is 0 Å². The number of fused-ring (bicyclic) bond motifs is 1. The molecule has 0 spiro atoms. The van der Waals surface area contributed by atoms with E-state index >= 15 is 0 Å². The summed E-state index contributed by atoms with van der Waals surface area (Å²) < 4.78 is 4.10. The molecule has 2 aromatic heterocycles. The number of rotatable bonds is 4. The molecule has 0 aliphatic carbocycles. The molecule has 2 aliphatic rings. The van der Waals surface area contributed by atoms with Gasteiger partial charge in [0.25, 0.3) is 0 Å². The average Bonchev–Trinajstić information content (AvgIpc) is 3.35. The molecule has 0 amide bonds. The Morgan fingerprint density at radius 1 is 1.36 bits per heavy atom. The van der Waals surface area contributed by atoms with Crippen molar-refractivity contribution >= 4 is 5.96 Å². The van der Waals surface area contributed by atoms with E-state index in [2.05, 4.69) is 43.2 Å². The van der Waals surface area contributed by atoms with E-state index in [0.717, 1.165) is 56.6 Å². The van der Waals surface area contributed by atoms with Crippen molar-refractivity contribution in [2.24, 2.45) is 12.0 Å². The Hall–Kier alpha value is -2.38. The number of aliphatic imine (C=N–C) groups is 1. The molecule has 1 N–H and O–H groups in total. The molecular formula is C17H26N8. The molecular weight excluding hydrogens is 316 g/mol. The Balaban J connectivity index is 1.45. The van der Waals surface area contributed by atoms with E-state index in [0.29, 0.717) is 12.5 Å². The molecule has 0 radical (unpaired) electrons. The highest BCUT2D eigenvalue weighted by Crippen LogP contribution is 2.26. The first-order valence-electron chi connectivity index (χ1n) is 9.17. The quantitative estimate of drug-likeness (QED) is 0.660. The van der Waals surface area contributed by atoms with Crippen molar-refractivity contribution in [1.82, 2.24) is 34.8 Å². The lowest BCUT2D eigenvalue weighted by atomic mass is 10.0. The van der Waals surface area contributed by atoms with Crippen molar-refractivity contribution in [1.29, 1.82) is 0 Å². The van der Waals surface area contributed by atoms with Crippen LogP contribution >= 0.6 is 0 Å². The summed E-state index contributed by atoms with van der Waals surface area (Å²) in [6.07, 6.45) is 7.45. The summed E-state index contributed by atoms with van der Waals surface area (Å²) in [7, 11) is 1.97. The van der Waals surface area contributed by atoms with E-state index in [1.807, 2.05) is 17.9 Å². The van der Waals surface area contributed by atoms with Crippen LogP contribution in [0.3, 0.4) is 0 Å². The van der Waals surface area contributed by atoms with Crippen LogP contribution in [0.2, 0.25) is 0 Å². The molecule has 2 aromatic rings. The molecule has 8 nitrogen and oxygen atoms in total. The van der Waals surface area contributed by atoms with Crippen LogP contribution in [0.4, 0.5) is 0 Å². The lowest BCUT2D eigenvalue weighted by Gasteiger charge is -2.21. The first kappa shape index (κ1) is 16.1. The zero-order valence-corrected chi connectivity index (χ0v) is 15.0. The summed E-state index contributed by atoms with van der Waals surface area (Å²) in [6, 6.07) is 0. The second-order valence-electron chi connectivity index (χ2n) is 6.84. The van der Waals surface area contributed by atoms with Gasteiger partial charge in [0.05, 0.1) is 6.20 Å². The molecule has 1 unspecified atom stereocenters. The highest BCUT2D eigenvalue weighted by molar-refractivity contribution is 5.80. The van der Waals surface area contributed by atoms with Crippen LogP contribution < -0.4 is 5.32 Å². The van der Waals surface area contributed by atoms with Crippen LogP contribution in [-0.2, 0) is 26.6 Å². The monoisotopic (exact) mass is 342 g/mol. The van der Waals surface area contributed by atoms with Gasteiger partial charge < -0.3 is 14.8 Å². The number of nitrogens with zero attached hydrogens (tertiary/aromatic N) is 7. The summed E-state index contributed by atoms with van der Waals surface area (Å²) in [5.74, 6) is 3.58. The van der Waals surface area contributed by atoms with Gasteiger partial charge in [-0.1, -0.05) is 0 Å². The molecule has 1 atom stereocenters. The number of nitrogens with one attached hydrogen (secondary N) is 1. The van der Waals surface area contributed by atoms with Gasteiger partial charge in [-0.25, -0.2) is 4.99 Å². The average molecular weight is 342 g/mol. The highest BCUT2D eigenvalue weighted by atomic mass is 15.3. The molecule has 2 aliphatic heterocycles. The molecule has 8 heteroatoms. The van der Waals surface area contributed by atoms with Crippen molar-refractivity contribution in [3.63, 3.8) is 0 Å². The highest BCUT2D eigenvalue weighted by Gasteiger charge is 2.27. The number of hydrogen-bond acceptors (Lipinski definition) is 4. The summed E-state index contributed by atoms with van der Waals surface area (Å²) in [4.78, 5) is 7.19. The Labute approximate surface area is 147 Å². The van der Waals surface area contributed by atoms with Crippen LogP contribution in [0.5, 0.6) is 0 Å². The lowest BCUT2D eigenvalue weighted by Crippen LogP contribution is -2.40. The molecule has 134 valence electrons. The SMILES string of the molecule is CCNC(=NCc1nnc2n1CCC2)N1CCC(c2cnn(C)c2)C1. The largest absolute Gasteiger partial charge is 0.357 e. The zero-order chi connectivity index (χ0) is 17.2. The minimum absolute atomic E-state index is 0.523. The topological polar surface area (TPSA) is 76.2 Å². The van der Waals surface area contributed by atoms with Gasteiger partial charge in [0.15, 0.2) is 11.8 Å². The van der Waals surface area contributed by atoms with Crippen molar-refractivity contribution in [3.05, 3.63) is 29.6 Å². The first-order valence-corrected chi connectivity index (χ1v) is 9.17. The fourth-order valence-corrected chi connectivity index (χ4v) is 3.77. The third-order valence-electron chi connectivity index (χ3n) is 5.08. The predicted molar refractivity (Wildman–Crippen MR) is 95.3 cm³/mol. The van der Waals surface area contributed by atoms with Gasteiger partial charge in [-0.15, -0.1) is 10.2 Å². The van der Waals surface area contributed by atoms with Crippen LogP contribution in [-0.4, -0.2) is 55.0 Å². The van der Waals surface area contributed by atoms with E-state index in [4.69, 9.17) is 4.99 Å². The van der Waals surface area contributed by atoms with E-state index in [9.17, 15) is 0 Å². The molecule has 4 rings (SSSR count). The zero-order valence-electron chi connectivity index (χ0n) is 15.0. The van der Waals surface area contributed by atoms with E-state index in [-0.39, 0.29) is 0 Å². The molecule has 25 heavy (non-hydrogen) atoms. The van der Waals surface area contributed by atoms with Gasteiger partial charge in [0.2, 0.25) is 0 Å². The second kappa shape index (κ2) is 6.85.